The van der Waals surface area contributed by atoms with Gasteiger partial charge in [0.25, 0.3) is 0 Å². The zero-order valence-electron chi connectivity index (χ0n) is 11.4. The first-order chi connectivity index (χ1) is 8.26. The van der Waals surface area contributed by atoms with E-state index in [0.717, 1.165) is 38.5 Å². The van der Waals surface area contributed by atoms with Crippen molar-refractivity contribution in [3.63, 3.8) is 0 Å². The number of carbonyl (C=O) groups is 1. The third-order valence-electron chi connectivity index (χ3n) is 5.37. The Bertz CT molecular complexity index is 372. The summed E-state index contributed by atoms with van der Waals surface area (Å²) in [7, 11) is 0. The third kappa shape index (κ3) is 2.20. The minimum atomic E-state index is -0.890. The molecular formula is C15H24O3. The molecule has 2 aliphatic carbocycles. The number of hydrogen-bond acceptors (Lipinski definition) is 2. The van der Waals surface area contributed by atoms with Crippen LogP contribution >= 0.6 is 0 Å². The lowest BCUT2D eigenvalue weighted by Crippen LogP contribution is -2.51. The molecule has 2 fully saturated rings. The van der Waals surface area contributed by atoms with Gasteiger partial charge in [-0.1, -0.05) is 19.9 Å². The third-order valence-corrected chi connectivity index (χ3v) is 5.37. The van der Waals surface area contributed by atoms with Crippen molar-refractivity contribution in [1.82, 2.24) is 0 Å². The van der Waals surface area contributed by atoms with Crippen LogP contribution in [0.4, 0.5) is 0 Å². The van der Waals surface area contributed by atoms with Crippen LogP contribution in [-0.2, 0) is 4.79 Å². The van der Waals surface area contributed by atoms with Gasteiger partial charge in [-0.25, -0.2) is 4.79 Å². The Labute approximate surface area is 109 Å². The first-order valence-corrected chi connectivity index (χ1v) is 6.91. The van der Waals surface area contributed by atoms with Crippen molar-refractivity contribution in [3.05, 3.63) is 12.2 Å². The minimum absolute atomic E-state index is 0.0325. The predicted octanol–water partition coefficient (Wildman–Crippen LogP) is 2.98. The highest BCUT2D eigenvalue weighted by Crippen LogP contribution is 2.56. The molecule has 2 rings (SSSR count). The molecule has 2 saturated carbocycles. The minimum Gasteiger partial charge on any atom is -0.478 e. The molecule has 0 aromatic heterocycles. The maximum atomic E-state index is 11.0. The summed E-state index contributed by atoms with van der Waals surface area (Å²) in [5.41, 5.74) is -0.153. The molecule has 0 heterocycles. The smallest absolute Gasteiger partial charge is 0.331 e. The topological polar surface area (TPSA) is 57.5 Å². The molecule has 3 heteroatoms. The van der Waals surface area contributed by atoms with Crippen molar-refractivity contribution in [3.8, 4) is 0 Å². The van der Waals surface area contributed by atoms with Crippen LogP contribution in [0.15, 0.2) is 12.2 Å². The molecule has 2 N–H and O–H groups in total. The first-order valence-electron chi connectivity index (χ1n) is 6.91. The van der Waals surface area contributed by atoms with Gasteiger partial charge < -0.3 is 10.2 Å². The first kappa shape index (κ1) is 13.6. The van der Waals surface area contributed by atoms with E-state index in [2.05, 4.69) is 13.5 Å². The van der Waals surface area contributed by atoms with Crippen LogP contribution in [0.2, 0.25) is 0 Å². The van der Waals surface area contributed by atoms with E-state index in [4.69, 9.17) is 5.11 Å². The monoisotopic (exact) mass is 252 g/mol. The largest absolute Gasteiger partial charge is 0.478 e. The highest BCUT2D eigenvalue weighted by Gasteiger charge is 2.51. The summed E-state index contributed by atoms with van der Waals surface area (Å²) in [6.07, 6.45) is 5.73. The summed E-state index contributed by atoms with van der Waals surface area (Å²) in [6, 6.07) is 0. The highest BCUT2D eigenvalue weighted by molar-refractivity contribution is 5.86. The summed E-state index contributed by atoms with van der Waals surface area (Å²) in [5, 5.41) is 19.7. The Morgan fingerprint density at radius 2 is 1.94 bits per heavy atom. The van der Waals surface area contributed by atoms with Crippen molar-refractivity contribution in [2.24, 2.45) is 17.3 Å². The fraction of sp³-hybridized carbons (Fsp3) is 0.800. The number of rotatable bonds is 2. The Kier molecular flexibility index (Phi) is 3.30. The quantitative estimate of drug-likeness (QED) is 0.743. The van der Waals surface area contributed by atoms with Crippen LogP contribution in [-0.4, -0.2) is 21.8 Å². The van der Waals surface area contributed by atoms with E-state index in [1.807, 2.05) is 6.92 Å². The second-order valence-corrected chi connectivity index (χ2v) is 6.72. The molecule has 0 aromatic rings. The van der Waals surface area contributed by atoms with Gasteiger partial charge in [0.1, 0.15) is 0 Å². The van der Waals surface area contributed by atoms with E-state index < -0.39 is 11.6 Å². The normalized spacial score (nSPS) is 44.2. The summed E-state index contributed by atoms with van der Waals surface area (Å²) in [4.78, 5) is 11.0. The summed E-state index contributed by atoms with van der Waals surface area (Å²) in [6.45, 7) is 7.88. The summed E-state index contributed by atoms with van der Waals surface area (Å²) in [5.74, 6) is -0.655. The Balaban J connectivity index is 2.19. The van der Waals surface area contributed by atoms with E-state index in [1.165, 1.54) is 0 Å². The summed E-state index contributed by atoms with van der Waals surface area (Å²) < 4.78 is 0. The van der Waals surface area contributed by atoms with Crippen molar-refractivity contribution in [1.29, 1.82) is 0 Å². The van der Waals surface area contributed by atoms with Gasteiger partial charge in [0.05, 0.1) is 5.60 Å². The zero-order chi connectivity index (χ0) is 13.6. The number of carboxylic acids is 1. The number of fused-ring (bicyclic) bond motifs is 1. The molecular weight excluding hydrogens is 228 g/mol. The van der Waals surface area contributed by atoms with Crippen molar-refractivity contribution < 1.29 is 15.0 Å². The highest BCUT2D eigenvalue weighted by atomic mass is 16.4. The predicted molar refractivity (Wildman–Crippen MR) is 70.2 cm³/mol. The van der Waals surface area contributed by atoms with Crippen LogP contribution in [0.5, 0.6) is 0 Å². The number of aliphatic carboxylic acids is 1. The number of aliphatic hydroxyl groups is 1. The van der Waals surface area contributed by atoms with Gasteiger partial charge in [-0.15, -0.1) is 0 Å². The van der Waals surface area contributed by atoms with E-state index in [1.54, 1.807) is 0 Å². The number of hydrogen-bond donors (Lipinski definition) is 2. The van der Waals surface area contributed by atoms with Gasteiger partial charge >= 0.3 is 5.97 Å². The Morgan fingerprint density at radius 1 is 1.28 bits per heavy atom. The maximum Gasteiger partial charge on any atom is 0.331 e. The van der Waals surface area contributed by atoms with Gasteiger partial charge in [-0.05, 0) is 56.3 Å². The van der Waals surface area contributed by atoms with Gasteiger partial charge in [-0.2, -0.15) is 0 Å². The van der Waals surface area contributed by atoms with Crippen LogP contribution in [0.25, 0.3) is 0 Å². The average molecular weight is 252 g/mol. The molecule has 0 unspecified atom stereocenters. The van der Waals surface area contributed by atoms with Crippen LogP contribution in [0.3, 0.4) is 0 Å². The SMILES string of the molecule is C=C(C(=O)O)[C@H]1CC[C@]2(C)CCC[C@](C)(O)[C@H]2C1. The van der Waals surface area contributed by atoms with Crippen molar-refractivity contribution in [2.45, 2.75) is 58.0 Å². The Hall–Kier alpha value is -0.830. The second kappa shape index (κ2) is 4.37. The lowest BCUT2D eigenvalue weighted by molar-refractivity contribution is -0.137. The molecule has 18 heavy (non-hydrogen) atoms. The molecule has 0 amide bonds. The standard InChI is InChI=1S/C15H24O3/c1-10(13(16)17)11-5-8-14(2)6-4-7-15(3,18)12(14)9-11/h11-12,18H,1,4-9H2,2-3H3,(H,16,17)/t11-,12-,14-,15-/m0/s1. The molecule has 3 nitrogen and oxygen atoms in total. The molecule has 0 spiro atoms. The van der Waals surface area contributed by atoms with Crippen molar-refractivity contribution in [2.75, 3.05) is 0 Å². The van der Waals surface area contributed by atoms with Crippen molar-refractivity contribution >= 4 is 5.97 Å². The molecule has 0 bridgehead atoms. The lowest BCUT2D eigenvalue weighted by Gasteiger charge is -2.54. The van der Waals surface area contributed by atoms with Crippen LogP contribution < -0.4 is 0 Å². The fourth-order valence-corrected chi connectivity index (χ4v) is 4.18. The molecule has 0 aromatic carbocycles. The van der Waals surface area contributed by atoms with Crippen LogP contribution in [0, 0.1) is 17.3 Å². The second-order valence-electron chi connectivity index (χ2n) is 6.72. The van der Waals surface area contributed by atoms with Crippen LogP contribution in [0.1, 0.15) is 52.4 Å². The zero-order valence-corrected chi connectivity index (χ0v) is 11.4. The lowest BCUT2D eigenvalue weighted by atomic mass is 9.53. The number of carboxylic acid groups (broad SMARTS) is 1. The molecule has 2 aliphatic rings. The van der Waals surface area contributed by atoms with E-state index in [-0.39, 0.29) is 17.3 Å². The molecule has 102 valence electrons. The average Bonchev–Trinajstić information content (AvgIpc) is 2.27. The fourth-order valence-electron chi connectivity index (χ4n) is 4.18. The van der Waals surface area contributed by atoms with Gasteiger partial charge in [-0.3, -0.25) is 0 Å². The molecule has 4 atom stereocenters. The van der Waals surface area contributed by atoms with E-state index >= 15 is 0 Å². The Morgan fingerprint density at radius 3 is 2.56 bits per heavy atom. The molecule has 0 saturated heterocycles. The van der Waals surface area contributed by atoms with Gasteiger partial charge in [0.2, 0.25) is 0 Å². The maximum absolute atomic E-state index is 11.0. The van der Waals surface area contributed by atoms with E-state index in [0.29, 0.717) is 5.57 Å². The summed E-state index contributed by atoms with van der Waals surface area (Å²) >= 11 is 0. The molecule has 0 radical (unpaired) electrons. The van der Waals surface area contributed by atoms with Gasteiger partial charge in [0, 0.05) is 5.57 Å². The van der Waals surface area contributed by atoms with Gasteiger partial charge in [0.15, 0.2) is 0 Å². The molecule has 0 aliphatic heterocycles. The van der Waals surface area contributed by atoms with E-state index in [9.17, 15) is 9.90 Å².